The second-order valence-electron chi connectivity index (χ2n) is 12.2. The van der Waals surface area contributed by atoms with Crippen LogP contribution in [0.4, 0.5) is 8.78 Å². The highest BCUT2D eigenvalue weighted by atomic mass is 19.3. The van der Waals surface area contributed by atoms with Gasteiger partial charge in [0.15, 0.2) is 0 Å². The Hall–Kier alpha value is -2.06. The molecule has 1 saturated carbocycles. The number of hydrogen-bond donors (Lipinski definition) is 2. The van der Waals surface area contributed by atoms with Crippen LogP contribution >= 0.6 is 0 Å². The molecule has 2 amide bonds. The van der Waals surface area contributed by atoms with Gasteiger partial charge in [0, 0.05) is 43.9 Å². The predicted octanol–water partition coefficient (Wildman–Crippen LogP) is 4.47. The molecule has 0 radical (unpaired) electrons. The van der Waals surface area contributed by atoms with E-state index in [1.165, 1.54) is 0 Å². The summed E-state index contributed by atoms with van der Waals surface area (Å²) in [5.74, 6) is -2.38. The van der Waals surface area contributed by atoms with Crippen LogP contribution in [0.5, 0.6) is 0 Å². The van der Waals surface area contributed by atoms with Crippen LogP contribution in [0.15, 0.2) is 30.3 Å². The Balaban J connectivity index is 1.25. The predicted molar refractivity (Wildman–Crippen MR) is 139 cm³/mol. The monoisotopic (exact) mass is 516 g/mol. The van der Waals surface area contributed by atoms with E-state index >= 15 is 0 Å². The highest BCUT2D eigenvalue weighted by molar-refractivity contribution is 5.88. The average Bonchev–Trinajstić information content (AvgIpc) is 3.28. The van der Waals surface area contributed by atoms with Crippen molar-refractivity contribution in [2.24, 2.45) is 11.8 Å². The first-order valence-corrected chi connectivity index (χ1v) is 14.2. The Bertz CT molecular complexity index is 948. The molecule has 6 nitrogen and oxygen atoms in total. The standard InChI is InChI=1S/C29H42F2N4O2/c1-20(2)18-34-19-32-27(37)28(34)16-23-8-9-24(17-28)35(23)15-12-25(21-6-4-3-5-7-21)33-26(36)22-10-13-29(30,31)14-11-22/h3-7,20,22-25H,8-19H2,1-2H3,(H,32,37)(H,33,36)/t23?,24?,25-,28?/m0/s1. The molecule has 3 aliphatic heterocycles. The van der Waals surface area contributed by atoms with Gasteiger partial charge in [-0.25, -0.2) is 8.78 Å². The zero-order chi connectivity index (χ0) is 26.2. The van der Waals surface area contributed by atoms with Crippen molar-refractivity contribution in [1.29, 1.82) is 0 Å². The van der Waals surface area contributed by atoms with Crippen LogP contribution in [0.25, 0.3) is 0 Å². The van der Waals surface area contributed by atoms with Crippen LogP contribution in [0.1, 0.15) is 83.2 Å². The molecule has 37 heavy (non-hydrogen) atoms. The largest absolute Gasteiger partial charge is 0.349 e. The van der Waals surface area contributed by atoms with E-state index in [1.54, 1.807) is 0 Å². The Labute approximate surface area is 219 Å². The van der Waals surface area contributed by atoms with Gasteiger partial charge in [0.2, 0.25) is 17.7 Å². The molecule has 1 spiro atoms. The van der Waals surface area contributed by atoms with Crippen LogP contribution in [0.2, 0.25) is 0 Å². The number of carbonyl (C=O) groups excluding carboxylic acids is 2. The van der Waals surface area contributed by atoms with E-state index in [0.717, 1.165) is 50.8 Å². The molecule has 4 aliphatic rings. The van der Waals surface area contributed by atoms with Gasteiger partial charge in [0.1, 0.15) is 5.54 Å². The molecule has 1 aliphatic carbocycles. The Morgan fingerprint density at radius 1 is 1.08 bits per heavy atom. The zero-order valence-corrected chi connectivity index (χ0v) is 22.2. The number of nitrogens with one attached hydrogen (secondary N) is 2. The minimum Gasteiger partial charge on any atom is -0.349 e. The molecule has 2 bridgehead atoms. The number of amides is 2. The molecule has 0 aromatic heterocycles. The maximum atomic E-state index is 13.6. The van der Waals surface area contributed by atoms with Gasteiger partial charge in [-0.2, -0.15) is 0 Å². The normalized spacial score (nSPS) is 31.1. The first-order chi connectivity index (χ1) is 17.7. The summed E-state index contributed by atoms with van der Waals surface area (Å²) in [6.45, 7) is 6.83. The zero-order valence-electron chi connectivity index (χ0n) is 22.2. The fraction of sp³-hybridized carbons (Fsp3) is 0.724. The third-order valence-corrected chi connectivity index (χ3v) is 9.24. The van der Waals surface area contributed by atoms with Crippen molar-refractivity contribution in [2.75, 3.05) is 19.8 Å². The second kappa shape index (κ2) is 10.6. The first-order valence-electron chi connectivity index (χ1n) is 14.2. The molecule has 204 valence electrons. The lowest BCUT2D eigenvalue weighted by Crippen LogP contribution is -2.60. The third kappa shape index (κ3) is 5.56. The fourth-order valence-electron chi connectivity index (χ4n) is 7.31. The highest BCUT2D eigenvalue weighted by Gasteiger charge is 2.57. The van der Waals surface area contributed by atoms with Gasteiger partial charge in [0.05, 0.1) is 12.7 Å². The van der Waals surface area contributed by atoms with Gasteiger partial charge < -0.3 is 10.6 Å². The van der Waals surface area contributed by atoms with Crippen molar-refractivity contribution in [2.45, 2.75) is 101 Å². The summed E-state index contributed by atoms with van der Waals surface area (Å²) in [5.41, 5.74) is 0.666. The SMILES string of the molecule is CC(C)CN1CNC(=O)C12CC1CCC(C2)N1CC[C@H](NC(=O)C1CCC(F)(F)CC1)c1ccccc1. The van der Waals surface area contributed by atoms with Gasteiger partial charge >= 0.3 is 0 Å². The molecule has 2 unspecified atom stereocenters. The lowest BCUT2D eigenvalue weighted by atomic mass is 9.81. The summed E-state index contributed by atoms with van der Waals surface area (Å²) < 4.78 is 27.3. The fourth-order valence-corrected chi connectivity index (χ4v) is 7.31. The maximum absolute atomic E-state index is 13.6. The molecule has 5 rings (SSSR count). The summed E-state index contributed by atoms with van der Waals surface area (Å²) in [6.07, 6.45) is 4.77. The Morgan fingerprint density at radius 3 is 2.35 bits per heavy atom. The number of benzene rings is 1. The lowest BCUT2D eigenvalue weighted by Gasteiger charge is -2.47. The van der Waals surface area contributed by atoms with Crippen molar-refractivity contribution < 1.29 is 18.4 Å². The van der Waals surface area contributed by atoms with E-state index in [1.807, 2.05) is 30.3 Å². The van der Waals surface area contributed by atoms with Crippen molar-refractivity contribution >= 4 is 11.8 Å². The van der Waals surface area contributed by atoms with Crippen LogP contribution in [0, 0.1) is 11.8 Å². The van der Waals surface area contributed by atoms with Gasteiger partial charge in [-0.1, -0.05) is 44.2 Å². The molecule has 2 N–H and O–H groups in total. The molecular formula is C29H42F2N4O2. The smallest absolute Gasteiger partial charge is 0.248 e. The van der Waals surface area contributed by atoms with Gasteiger partial charge in [-0.3, -0.25) is 19.4 Å². The molecule has 8 heteroatoms. The lowest BCUT2D eigenvalue weighted by molar-refractivity contribution is -0.132. The number of carbonyl (C=O) groups is 2. The molecular weight excluding hydrogens is 474 g/mol. The molecule has 3 heterocycles. The quantitative estimate of drug-likeness (QED) is 0.535. The van der Waals surface area contributed by atoms with E-state index in [0.29, 0.717) is 24.7 Å². The molecule has 4 fully saturated rings. The number of fused-ring (bicyclic) bond motifs is 2. The number of alkyl halides is 2. The van der Waals surface area contributed by atoms with Gasteiger partial charge in [-0.15, -0.1) is 0 Å². The van der Waals surface area contributed by atoms with Crippen molar-refractivity contribution in [3.63, 3.8) is 0 Å². The van der Waals surface area contributed by atoms with Crippen molar-refractivity contribution in [3.8, 4) is 0 Å². The number of nitrogens with zero attached hydrogens (tertiary/aromatic N) is 2. The topological polar surface area (TPSA) is 64.7 Å². The van der Waals surface area contributed by atoms with Gasteiger partial charge in [-0.05, 0) is 56.4 Å². The summed E-state index contributed by atoms with van der Waals surface area (Å²) in [5, 5.41) is 6.34. The van der Waals surface area contributed by atoms with Gasteiger partial charge in [0.25, 0.3) is 0 Å². The van der Waals surface area contributed by atoms with E-state index in [9.17, 15) is 18.4 Å². The van der Waals surface area contributed by atoms with Crippen LogP contribution < -0.4 is 10.6 Å². The number of rotatable bonds is 8. The number of piperidine rings is 1. The van der Waals surface area contributed by atoms with Crippen LogP contribution in [-0.2, 0) is 9.59 Å². The third-order valence-electron chi connectivity index (χ3n) is 9.24. The van der Waals surface area contributed by atoms with E-state index in [2.05, 4.69) is 34.3 Å². The summed E-state index contributed by atoms with van der Waals surface area (Å²) in [4.78, 5) is 31.1. The summed E-state index contributed by atoms with van der Waals surface area (Å²) in [7, 11) is 0. The number of hydrogen-bond acceptors (Lipinski definition) is 4. The Kier molecular flexibility index (Phi) is 7.60. The minimum absolute atomic E-state index is 0.100. The number of halogens is 2. The van der Waals surface area contributed by atoms with Crippen LogP contribution in [-0.4, -0.2) is 64.9 Å². The second-order valence-corrected chi connectivity index (χ2v) is 12.2. The minimum atomic E-state index is -2.64. The van der Waals surface area contributed by atoms with E-state index in [4.69, 9.17) is 0 Å². The molecule has 1 aromatic carbocycles. The summed E-state index contributed by atoms with van der Waals surface area (Å²) in [6, 6.07) is 10.6. The summed E-state index contributed by atoms with van der Waals surface area (Å²) >= 11 is 0. The molecule has 3 saturated heterocycles. The maximum Gasteiger partial charge on any atom is 0.248 e. The molecule has 1 aromatic rings. The highest BCUT2D eigenvalue weighted by Crippen LogP contribution is 2.45. The average molecular weight is 517 g/mol. The van der Waals surface area contributed by atoms with Crippen molar-refractivity contribution in [1.82, 2.24) is 20.4 Å². The van der Waals surface area contributed by atoms with Crippen LogP contribution in [0.3, 0.4) is 0 Å². The van der Waals surface area contributed by atoms with Crippen molar-refractivity contribution in [3.05, 3.63) is 35.9 Å². The molecule has 3 atom stereocenters. The first kappa shape index (κ1) is 26.5. The van der Waals surface area contributed by atoms with E-state index in [-0.39, 0.29) is 55.0 Å². The van der Waals surface area contributed by atoms with E-state index < -0.39 is 5.92 Å². The Morgan fingerprint density at radius 2 is 1.73 bits per heavy atom.